The van der Waals surface area contributed by atoms with Crippen molar-refractivity contribution in [3.05, 3.63) is 64.7 Å². The predicted octanol–water partition coefficient (Wildman–Crippen LogP) is 3.24. The number of hydrogen-bond acceptors (Lipinski definition) is 8. The summed E-state index contributed by atoms with van der Waals surface area (Å²) in [4.78, 5) is 24.8. The van der Waals surface area contributed by atoms with Crippen LogP contribution < -0.4 is 15.4 Å². The number of esters is 1. The third-order valence-electron chi connectivity index (χ3n) is 4.05. The second kappa shape index (κ2) is 9.16. The summed E-state index contributed by atoms with van der Waals surface area (Å²) in [5.74, 6) is -0.295. The van der Waals surface area contributed by atoms with Crippen LogP contribution in [0.4, 0.5) is 10.8 Å². The minimum Gasteiger partial charge on any atom is -0.497 e. The maximum atomic E-state index is 12.5. The lowest BCUT2D eigenvalue weighted by atomic mass is 10.1. The zero-order chi connectivity index (χ0) is 20.8. The first-order valence-electron chi connectivity index (χ1n) is 8.70. The summed E-state index contributed by atoms with van der Waals surface area (Å²) in [6, 6.07) is 13.2. The standard InChI is InChI=1S/C20H20N4O4S/c1-12-4-6-13(7-5-12)17(25)22-16(19(26)28-3)18-23-24-20(29-18)21-14-8-10-15(27-2)11-9-14/h4-11,16H,1-3H3,(H,21,24)(H,22,25)/t16-/m0/s1. The highest BCUT2D eigenvalue weighted by Crippen LogP contribution is 2.26. The summed E-state index contributed by atoms with van der Waals surface area (Å²) in [6.07, 6.45) is 0. The third kappa shape index (κ3) is 5.08. The molecule has 0 saturated heterocycles. The number of aryl methyl sites for hydroxylation is 1. The molecule has 1 amide bonds. The van der Waals surface area contributed by atoms with E-state index in [1.54, 1.807) is 19.2 Å². The second-order valence-corrected chi connectivity index (χ2v) is 7.10. The fourth-order valence-corrected chi connectivity index (χ4v) is 3.26. The molecule has 0 radical (unpaired) electrons. The van der Waals surface area contributed by atoms with E-state index in [-0.39, 0.29) is 0 Å². The monoisotopic (exact) mass is 412 g/mol. The third-order valence-corrected chi connectivity index (χ3v) is 4.96. The Morgan fingerprint density at radius 2 is 1.69 bits per heavy atom. The van der Waals surface area contributed by atoms with Crippen LogP contribution in [0.3, 0.4) is 0 Å². The number of methoxy groups -OCH3 is 2. The van der Waals surface area contributed by atoms with Gasteiger partial charge in [-0.15, -0.1) is 10.2 Å². The summed E-state index contributed by atoms with van der Waals surface area (Å²) >= 11 is 1.15. The number of rotatable bonds is 7. The van der Waals surface area contributed by atoms with Gasteiger partial charge in [0.05, 0.1) is 14.2 Å². The maximum absolute atomic E-state index is 12.5. The first-order chi connectivity index (χ1) is 14.0. The van der Waals surface area contributed by atoms with Gasteiger partial charge in [-0.25, -0.2) is 4.79 Å². The minimum absolute atomic E-state index is 0.313. The van der Waals surface area contributed by atoms with Gasteiger partial charge in [0.1, 0.15) is 5.75 Å². The van der Waals surface area contributed by atoms with Crippen molar-refractivity contribution in [2.24, 2.45) is 0 Å². The molecule has 0 saturated carbocycles. The van der Waals surface area contributed by atoms with E-state index in [1.807, 2.05) is 43.3 Å². The highest BCUT2D eigenvalue weighted by molar-refractivity contribution is 7.15. The average Bonchev–Trinajstić information content (AvgIpc) is 3.20. The smallest absolute Gasteiger partial charge is 0.335 e. The van der Waals surface area contributed by atoms with E-state index in [1.165, 1.54) is 7.11 Å². The maximum Gasteiger partial charge on any atom is 0.335 e. The van der Waals surface area contributed by atoms with Crippen LogP contribution in [-0.2, 0) is 9.53 Å². The Bertz CT molecular complexity index is 986. The van der Waals surface area contributed by atoms with Crippen LogP contribution in [-0.4, -0.2) is 36.3 Å². The van der Waals surface area contributed by atoms with E-state index in [2.05, 4.69) is 20.8 Å². The number of amides is 1. The molecule has 3 rings (SSSR count). The minimum atomic E-state index is -1.06. The van der Waals surface area contributed by atoms with E-state index < -0.39 is 17.9 Å². The molecule has 0 aliphatic carbocycles. The van der Waals surface area contributed by atoms with Crippen LogP contribution in [0.1, 0.15) is 27.0 Å². The van der Waals surface area contributed by atoms with Gasteiger partial charge in [0.25, 0.3) is 5.91 Å². The predicted molar refractivity (Wildman–Crippen MR) is 110 cm³/mol. The fourth-order valence-electron chi connectivity index (χ4n) is 2.46. The molecule has 3 aromatic rings. The number of nitrogens with zero attached hydrogens (tertiary/aromatic N) is 2. The van der Waals surface area contributed by atoms with Crippen molar-refractivity contribution in [2.45, 2.75) is 13.0 Å². The van der Waals surface area contributed by atoms with Crippen LogP contribution >= 0.6 is 11.3 Å². The topological polar surface area (TPSA) is 102 Å². The molecule has 2 N–H and O–H groups in total. The number of ether oxygens (including phenoxy) is 2. The van der Waals surface area contributed by atoms with Crippen molar-refractivity contribution >= 4 is 34.0 Å². The van der Waals surface area contributed by atoms with E-state index in [9.17, 15) is 9.59 Å². The molecule has 29 heavy (non-hydrogen) atoms. The lowest BCUT2D eigenvalue weighted by Crippen LogP contribution is -2.34. The van der Waals surface area contributed by atoms with Gasteiger partial charge in [-0.3, -0.25) is 4.79 Å². The summed E-state index contributed by atoms with van der Waals surface area (Å²) in [6.45, 7) is 1.93. The Morgan fingerprint density at radius 1 is 1.00 bits per heavy atom. The molecule has 0 bridgehead atoms. The molecule has 0 fully saturated rings. The SMILES string of the molecule is COC(=O)[C@@H](NC(=O)c1ccc(C)cc1)c1nnc(Nc2ccc(OC)cc2)s1. The molecule has 0 aliphatic heterocycles. The van der Waals surface area contributed by atoms with E-state index in [0.717, 1.165) is 28.3 Å². The summed E-state index contributed by atoms with van der Waals surface area (Å²) < 4.78 is 9.96. The largest absolute Gasteiger partial charge is 0.497 e. The molecule has 9 heteroatoms. The molecular formula is C20H20N4O4S. The number of nitrogens with one attached hydrogen (secondary N) is 2. The Hall–Kier alpha value is -3.46. The van der Waals surface area contributed by atoms with E-state index in [0.29, 0.717) is 15.7 Å². The Labute approximate surface area is 171 Å². The van der Waals surface area contributed by atoms with Gasteiger partial charge < -0.3 is 20.1 Å². The average molecular weight is 412 g/mol. The van der Waals surface area contributed by atoms with Gasteiger partial charge in [-0.2, -0.15) is 0 Å². The second-order valence-electron chi connectivity index (χ2n) is 6.09. The first kappa shape index (κ1) is 20.3. The molecule has 0 spiro atoms. The van der Waals surface area contributed by atoms with Crippen molar-refractivity contribution in [2.75, 3.05) is 19.5 Å². The summed E-state index contributed by atoms with van der Waals surface area (Å²) in [7, 11) is 2.85. The van der Waals surface area contributed by atoms with Crippen molar-refractivity contribution in [1.82, 2.24) is 15.5 Å². The van der Waals surface area contributed by atoms with E-state index in [4.69, 9.17) is 9.47 Å². The number of carbonyl (C=O) groups excluding carboxylic acids is 2. The number of hydrogen-bond donors (Lipinski definition) is 2. The Balaban J connectivity index is 1.75. The lowest BCUT2D eigenvalue weighted by molar-refractivity contribution is -0.143. The van der Waals surface area contributed by atoms with Crippen LogP contribution in [0.25, 0.3) is 0 Å². The molecule has 1 heterocycles. The number of carbonyl (C=O) groups is 2. The highest BCUT2D eigenvalue weighted by Gasteiger charge is 2.28. The summed E-state index contributed by atoms with van der Waals surface area (Å²) in [5.41, 5.74) is 2.25. The Kier molecular flexibility index (Phi) is 6.40. The van der Waals surface area contributed by atoms with Gasteiger partial charge in [-0.1, -0.05) is 29.0 Å². The highest BCUT2D eigenvalue weighted by atomic mass is 32.1. The molecule has 1 aromatic heterocycles. The van der Waals surface area contributed by atoms with Gasteiger partial charge >= 0.3 is 5.97 Å². The lowest BCUT2D eigenvalue weighted by Gasteiger charge is -2.13. The van der Waals surface area contributed by atoms with Crippen LogP contribution in [0, 0.1) is 6.92 Å². The molecule has 0 unspecified atom stereocenters. The fraction of sp³-hybridized carbons (Fsp3) is 0.200. The van der Waals surface area contributed by atoms with Gasteiger partial charge in [-0.05, 0) is 43.3 Å². The van der Waals surface area contributed by atoms with Gasteiger partial charge in [0.2, 0.25) is 5.13 Å². The zero-order valence-electron chi connectivity index (χ0n) is 16.1. The molecule has 1 atom stereocenters. The molecule has 0 aliphatic rings. The van der Waals surface area contributed by atoms with Crippen LogP contribution in [0.2, 0.25) is 0 Å². The van der Waals surface area contributed by atoms with Crippen molar-refractivity contribution < 1.29 is 19.1 Å². The molecule has 8 nitrogen and oxygen atoms in total. The van der Waals surface area contributed by atoms with Crippen LogP contribution in [0.15, 0.2) is 48.5 Å². The van der Waals surface area contributed by atoms with Crippen molar-refractivity contribution in [3.8, 4) is 5.75 Å². The van der Waals surface area contributed by atoms with E-state index >= 15 is 0 Å². The number of anilines is 2. The van der Waals surface area contributed by atoms with Crippen LogP contribution in [0.5, 0.6) is 5.75 Å². The van der Waals surface area contributed by atoms with Gasteiger partial charge in [0, 0.05) is 11.3 Å². The van der Waals surface area contributed by atoms with Crippen molar-refractivity contribution in [3.63, 3.8) is 0 Å². The zero-order valence-corrected chi connectivity index (χ0v) is 16.9. The number of benzene rings is 2. The van der Waals surface area contributed by atoms with Gasteiger partial charge in [0.15, 0.2) is 11.0 Å². The quantitative estimate of drug-likeness (QED) is 0.574. The van der Waals surface area contributed by atoms with Crippen molar-refractivity contribution in [1.29, 1.82) is 0 Å². The summed E-state index contributed by atoms with van der Waals surface area (Å²) in [5, 5.41) is 14.6. The molecule has 150 valence electrons. The Morgan fingerprint density at radius 3 is 2.31 bits per heavy atom. The number of aromatic nitrogens is 2. The molecule has 2 aromatic carbocycles. The first-order valence-corrected chi connectivity index (χ1v) is 9.51. The molecular weight excluding hydrogens is 392 g/mol. The normalized spacial score (nSPS) is 11.4.